The van der Waals surface area contributed by atoms with Gasteiger partial charge in [0.25, 0.3) is 0 Å². The van der Waals surface area contributed by atoms with Gasteiger partial charge in [-0.1, -0.05) is 19.1 Å². The maximum absolute atomic E-state index is 18.2. The number of benzene rings is 6. The third-order valence-electron chi connectivity index (χ3n) is 14.3. The number of ether oxygens (including phenoxy) is 4. The zero-order valence-electron chi connectivity index (χ0n) is 39.8. The fraction of sp³-hybridized carbons (Fsp3) is 0.310. The highest BCUT2D eigenvalue weighted by Crippen LogP contribution is 2.52. The van der Waals surface area contributed by atoms with E-state index in [4.69, 9.17) is 18.9 Å². The predicted octanol–water partition coefficient (Wildman–Crippen LogP) is 12.2. The van der Waals surface area contributed by atoms with Gasteiger partial charge in [-0.3, -0.25) is 9.80 Å². The van der Waals surface area contributed by atoms with Crippen LogP contribution in [-0.2, 0) is 0 Å². The van der Waals surface area contributed by atoms with Gasteiger partial charge < -0.3 is 39.4 Å². The zero-order chi connectivity index (χ0) is 48.8. The van der Waals surface area contributed by atoms with Crippen LogP contribution in [0.15, 0.2) is 109 Å². The fourth-order valence-electron chi connectivity index (χ4n) is 10.6. The van der Waals surface area contributed by atoms with Crippen molar-refractivity contribution in [1.29, 1.82) is 0 Å². The van der Waals surface area contributed by atoms with E-state index in [9.17, 15) is 20.4 Å². The fourth-order valence-corrected chi connectivity index (χ4v) is 10.6. The molecule has 2 unspecified atom stereocenters. The highest BCUT2D eigenvalue weighted by atomic mass is 19.1. The molecule has 0 amide bonds. The van der Waals surface area contributed by atoms with E-state index >= 15 is 8.78 Å². The molecule has 4 atom stereocenters. The first-order valence-corrected chi connectivity index (χ1v) is 24.2. The second kappa shape index (κ2) is 19.4. The van der Waals surface area contributed by atoms with Gasteiger partial charge in [0.2, 0.25) is 0 Å². The van der Waals surface area contributed by atoms with Gasteiger partial charge in [-0.2, -0.15) is 0 Å². The van der Waals surface area contributed by atoms with E-state index in [0.717, 1.165) is 51.0 Å². The standard InChI is InChI=1S/C58H58F2N2O8/c1-33-18-21-62(31-33)34(2)32-68-44-12-13-45(49(59)30-44)57-54(36(4)48-29-42(65)10-15-50(48)69-57)38-24-39(27-43(66)26-38)55-52(67-23-22-61-19-5-6-20-61)17-14-46(56(55)60)58-53(37-8-7-9-40(63)25-37)35(3)47-28-41(64)11-16-51(47)70-58/h7-17,24-30,33-34,57-58,63-66H,5-6,18-23,31-32H2,1-4H3/t33-,34+,57?,58?/m1/s1. The topological polar surface area (TPSA) is 124 Å². The third kappa shape index (κ3) is 9.25. The van der Waals surface area contributed by atoms with E-state index < -0.39 is 23.8 Å². The SMILES string of the molecule is CC1=C(c2cc(O)cc(-c3c(OCCN4CCCC4)ccc(C4Oc5ccc(O)cc5C(C)=C4c4cccc(O)c4)c3F)c2)C(c2ccc(OC[C@H](C)N3CC[C@@H](C)C3)cc2F)Oc2ccc(O)cc21. The minimum Gasteiger partial charge on any atom is -0.508 e. The molecule has 0 saturated carbocycles. The summed E-state index contributed by atoms with van der Waals surface area (Å²) in [4.78, 5) is 4.69. The van der Waals surface area contributed by atoms with E-state index in [2.05, 4.69) is 23.6 Å². The number of phenols is 4. The molecular formula is C58H58F2N2O8. The molecule has 2 fully saturated rings. The molecule has 10 nitrogen and oxygen atoms in total. The van der Waals surface area contributed by atoms with Gasteiger partial charge in [0.1, 0.15) is 70.8 Å². The number of halogens is 2. The van der Waals surface area contributed by atoms with Crippen LogP contribution in [0.2, 0.25) is 0 Å². The summed E-state index contributed by atoms with van der Waals surface area (Å²) in [6, 6.07) is 29.2. The number of fused-ring (bicyclic) bond motifs is 2. The Morgan fingerprint density at radius 1 is 0.657 bits per heavy atom. The molecule has 70 heavy (non-hydrogen) atoms. The van der Waals surface area contributed by atoms with Crippen molar-refractivity contribution in [1.82, 2.24) is 9.80 Å². The summed E-state index contributed by atoms with van der Waals surface area (Å²) < 4.78 is 60.9. The van der Waals surface area contributed by atoms with Gasteiger partial charge in [0, 0.05) is 58.6 Å². The molecule has 6 aromatic carbocycles. The lowest BCUT2D eigenvalue weighted by molar-refractivity contribution is 0.168. The van der Waals surface area contributed by atoms with Crippen LogP contribution in [-0.4, -0.2) is 82.2 Å². The minimum absolute atomic E-state index is 0.00901. The van der Waals surface area contributed by atoms with Crippen LogP contribution in [0.4, 0.5) is 8.78 Å². The lowest BCUT2D eigenvalue weighted by Crippen LogP contribution is -2.35. The maximum Gasteiger partial charge on any atom is 0.153 e. The Morgan fingerprint density at radius 3 is 1.94 bits per heavy atom. The van der Waals surface area contributed by atoms with Gasteiger partial charge in [-0.15, -0.1) is 0 Å². The molecule has 10 rings (SSSR count). The molecule has 362 valence electrons. The molecule has 12 heteroatoms. The Morgan fingerprint density at radius 2 is 1.29 bits per heavy atom. The van der Waals surface area contributed by atoms with Crippen molar-refractivity contribution in [3.05, 3.63) is 154 Å². The Labute approximate surface area is 407 Å². The average Bonchev–Trinajstić information content (AvgIpc) is 4.03. The first-order chi connectivity index (χ1) is 33.8. The number of nitrogens with zero attached hydrogens (tertiary/aromatic N) is 2. The van der Waals surface area contributed by atoms with E-state index in [1.54, 1.807) is 78.9 Å². The molecule has 4 aliphatic rings. The van der Waals surface area contributed by atoms with E-state index in [-0.39, 0.29) is 63.7 Å². The largest absolute Gasteiger partial charge is 0.508 e. The highest BCUT2D eigenvalue weighted by Gasteiger charge is 2.36. The Kier molecular flexibility index (Phi) is 12.9. The molecule has 2 saturated heterocycles. The number of hydrogen-bond acceptors (Lipinski definition) is 10. The van der Waals surface area contributed by atoms with Crippen molar-refractivity contribution in [3.63, 3.8) is 0 Å². The van der Waals surface area contributed by atoms with Gasteiger partial charge >= 0.3 is 0 Å². The van der Waals surface area contributed by atoms with Crippen molar-refractivity contribution < 1.29 is 48.2 Å². The van der Waals surface area contributed by atoms with Crippen molar-refractivity contribution in [2.75, 3.05) is 45.9 Å². The number of phenolic OH excluding ortho intramolecular Hbond substituents is 4. The summed E-state index contributed by atoms with van der Waals surface area (Å²) >= 11 is 0. The average molecular weight is 949 g/mol. The monoisotopic (exact) mass is 948 g/mol. The van der Waals surface area contributed by atoms with Gasteiger partial charge in [0.05, 0.1) is 5.56 Å². The number of rotatable bonds is 13. The first-order valence-electron chi connectivity index (χ1n) is 24.2. The van der Waals surface area contributed by atoms with Crippen LogP contribution < -0.4 is 18.9 Å². The third-order valence-corrected chi connectivity index (χ3v) is 14.3. The van der Waals surface area contributed by atoms with Gasteiger partial charge in [0.15, 0.2) is 12.2 Å². The summed E-state index contributed by atoms with van der Waals surface area (Å²) in [5.41, 5.74) is 5.38. The maximum atomic E-state index is 18.2. The number of hydrogen-bond donors (Lipinski definition) is 4. The molecule has 0 aromatic heterocycles. The molecule has 4 heterocycles. The molecule has 4 aliphatic heterocycles. The van der Waals surface area contributed by atoms with Crippen molar-refractivity contribution in [2.24, 2.45) is 5.92 Å². The van der Waals surface area contributed by atoms with Gasteiger partial charge in [-0.05, 0) is 184 Å². The predicted molar refractivity (Wildman–Crippen MR) is 267 cm³/mol. The molecule has 4 N–H and O–H groups in total. The number of allylic oxidation sites excluding steroid dienone is 2. The van der Waals surface area contributed by atoms with E-state index in [1.165, 1.54) is 24.3 Å². The Hall–Kier alpha value is -7.02. The quantitative estimate of drug-likeness (QED) is 0.0889. The van der Waals surface area contributed by atoms with Crippen LogP contribution >= 0.6 is 0 Å². The molecule has 0 aliphatic carbocycles. The van der Waals surface area contributed by atoms with Crippen molar-refractivity contribution in [2.45, 2.75) is 65.2 Å². The summed E-state index contributed by atoms with van der Waals surface area (Å²) in [5, 5.41) is 43.5. The zero-order valence-corrected chi connectivity index (χ0v) is 39.8. The Bertz CT molecular complexity index is 3040. The molecule has 0 spiro atoms. The molecular weight excluding hydrogens is 891 g/mol. The van der Waals surface area contributed by atoms with Crippen LogP contribution in [0, 0.1) is 17.6 Å². The smallest absolute Gasteiger partial charge is 0.153 e. The first kappa shape index (κ1) is 46.7. The van der Waals surface area contributed by atoms with Crippen LogP contribution in [0.3, 0.4) is 0 Å². The summed E-state index contributed by atoms with van der Waals surface area (Å²) in [7, 11) is 0. The van der Waals surface area contributed by atoms with Crippen LogP contribution in [0.1, 0.15) is 92.5 Å². The van der Waals surface area contributed by atoms with Crippen LogP contribution in [0.25, 0.3) is 33.4 Å². The lowest BCUT2D eigenvalue weighted by atomic mass is 9.83. The molecule has 0 bridgehead atoms. The lowest BCUT2D eigenvalue weighted by Gasteiger charge is -2.32. The van der Waals surface area contributed by atoms with Crippen molar-refractivity contribution >= 4 is 22.3 Å². The summed E-state index contributed by atoms with van der Waals surface area (Å²) in [5.74, 6) is 0.773. The highest BCUT2D eigenvalue weighted by molar-refractivity contribution is 5.98. The Balaban J connectivity index is 1.08. The van der Waals surface area contributed by atoms with Crippen molar-refractivity contribution in [3.8, 4) is 57.1 Å². The second-order valence-corrected chi connectivity index (χ2v) is 19.2. The molecule has 6 aromatic rings. The molecule has 0 radical (unpaired) electrons. The van der Waals surface area contributed by atoms with E-state index in [0.29, 0.717) is 75.3 Å². The number of aromatic hydroxyl groups is 4. The summed E-state index contributed by atoms with van der Waals surface area (Å²) in [6.45, 7) is 13.3. The summed E-state index contributed by atoms with van der Waals surface area (Å²) in [6.07, 6.45) is 1.28. The second-order valence-electron chi connectivity index (χ2n) is 19.2. The normalized spacial score (nSPS) is 19.7. The number of likely N-dealkylation sites (tertiary alicyclic amines) is 2. The van der Waals surface area contributed by atoms with E-state index in [1.807, 2.05) is 19.9 Å². The van der Waals surface area contributed by atoms with Crippen LogP contribution in [0.5, 0.6) is 46.0 Å². The van der Waals surface area contributed by atoms with Gasteiger partial charge in [-0.25, -0.2) is 8.78 Å². The minimum atomic E-state index is -1.04.